The van der Waals surface area contributed by atoms with Crippen molar-refractivity contribution in [2.75, 3.05) is 0 Å². The molecule has 12 heavy (non-hydrogen) atoms. The van der Waals surface area contributed by atoms with E-state index in [0.29, 0.717) is 6.42 Å². The molecule has 0 radical (unpaired) electrons. The molecule has 0 rings (SSSR count). The number of allylic oxidation sites excluding steroid dienone is 2. The van der Waals surface area contributed by atoms with Gasteiger partial charge in [-0.25, -0.2) is 4.79 Å². The number of hydrogen-bond acceptors (Lipinski definition) is 2. The summed E-state index contributed by atoms with van der Waals surface area (Å²) in [4.78, 5) is 10.0. The minimum absolute atomic E-state index is 0.602. The van der Waals surface area contributed by atoms with E-state index in [1.54, 1.807) is 13.0 Å². The Morgan fingerprint density at radius 3 is 2.50 bits per heavy atom. The van der Waals surface area contributed by atoms with Gasteiger partial charge in [0, 0.05) is 6.08 Å². The molecule has 0 aliphatic carbocycles. The van der Waals surface area contributed by atoms with Crippen LogP contribution < -0.4 is 0 Å². The van der Waals surface area contributed by atoms with E-state index in [9.17, 15) is 9.90 Å². The summed E-state index contributed by atoms with van der Waals surface area (Å²) in [6, 6.07) is 0. The van der Waals surface area contributed by atoms with E-state index in [-0.39, 0.29) is 0 Å². The maximum Gasteiger partial charge on any atom is 0.328 e. The lowest BCUT2D eigenvalue weighted by molar-refractivity contribution is -0.131. The molecule has 0 aliphatic rings. The van der Waals surface area contributed by atoms with Crippen molar-refractivity contribution in [2.45, 2.75) is 25.9 Å². The molecule has 0 spiro atoms. The number of carbonyl (C=O) groups is 1. The standard InChI is InChI=1S/C9H14O3/c1-3-9(2,12)7-5-4-6-8(10)11/h4-7,12H,3H2,1-2H3,(H,10,11)/b6-4+,7-5+. The van der Waals surface area contributed by atoms with Crippen molar-refractivity contribution in [1.29, 1.82) is 0 Å². The zero-order valence-electron chi connectivity index (χ0n) is 7.32. The second-order valence-electron chi connectivity index (χ2n) is 2.77. The smallest absolute Gasteiger partial charge is 0.328 e. The molecule has 0 bridgehead atoms. The Morgan fingerprint density at radius 2 is 2.08 bits per heavy atom. The zero-order valence-corrected chi connectivity index (χ0v) is 7.32. The first-order valence-electron chi connectivity index (χ1n) is 3.79. The molecule has 0 aliphatic heterocycles. The first kappa shape index (κ1) is 10.9. The molecule has 0 saturated heterocycles. The molecule has 0 aromatic carbocycles. The van der Waals surface area contributed by atoms with Gasteiger partial charge < -0.3 is 10.2 Å². The normalized spacial score (nSPS) is 16.9. The molecule has 0 saturated carbocycles. The SMILES string of the molecule is CCC(C)(O)/C=C/C=C/C(=O)O. The van der Waals surface area contributed by atoms with Gasteiger partial charge in [-0.15, -0.1) is 0 Å². The van der Waals surface area contributed by atoms with Crippen molar-refractivity contribution in [3.8, 4) is 0 Å². The summed E-state index contributed by atoms with van der Waals surface area (Å²) in [6.07, 6.45) is 6.09. The van der Waals surface area contributed by atoms with Crippen LogP contribution in [0.1, 0.15) is 20.3 Å². The van der Waals surface area contributed by atoms with E-state index >= 15 is 0 Å². The summed E-state index contributed by atoms with van der Waals surface area (Å²) < 4.78 is 0. The van der Waals surface area contributed by atoms with E-state index in [1.165, 1.54) is 12.2 Å². The molecule has 1 atom stereocenters. The summed E-state index contributed by atoms with van der Waals surface area (Å²) in [5.41, 5.74) is -0.844. The maximum atomic E-state index is 10.0. The van der Waals surface area contributed by atoms with Crippen LogP contribution in [0.4, 0.5) is 0 Å². The lowest BCUT2D eigenvalue weighted by atomic mass is 10.0. The molecular weight excluding hydrogens is 156 g/mol. The Labute approximate surface area is 72.0 Å². The third kappa shape index (κ3) is 5.68. The summed E-state index contributed by atoms with van der Waals surface area (Å²) in [5, 5.41) is 17.6. The number of aliphatic carboxylic acids is 1. The van der Waals surface area contributed by atoms with Crippen molar-refractivity contribution < 1.29 is 15.0 Å². The van der Waals surface area contributed by atoms with Crippen LogP contribution in [0.25, 0.3) is 0 Å². The number of carboxylic acids is 1. The van der Waals surface area contributed by atoms with Crippen LogP contribution in [0.3, 0.4) is 0 Å². The Hall–Kier alpha value is -1.09. The van der Waals surface area contributed by atoms with Gasteiger partial charge in [-0.05, 0) is 13.3 Å². The van der Waals surface area contributed by atoms with Gasteiger partial charge in [-0.3, -0.25) is 0 Å². The van der Waals surface area contributed by atoms with Crippen LogP contribution in [0, 0.1) is 0 Å². The molecule has 0 aromatic heterocycles. The molecule has 2 N–H and O–H groups in total. The van der Waals surface area contributed by atoms with E-state index in [2.05, 4.69) is 0 Å². The lowest BCUT2D eigenvalue weighted by Crippen LogP contribution is -2.18. The quantitative estimate of drug-likeness (QED) is 0.494. The molecule has 0 amide bonds. The number of carboxylic acid groups (broad SMARTS) is 1. The third-order valence-electron chi connectivity index (χ3n) is 1.52. The van der Waals surface area contributed by atoms with Crippen LogP contribution in [-0.4, -0.2) is 21.8 Å². The summed E-state index contributed by atoms with van der Waals surface area (Å²) >= 11 is 0. The van der Waals surface area contributed by atoms with Gasteiger partial charge in [0.25, 0.3) is 0 Å². The Bertz CT molecular complexity index is 202. The summed E-state index contributed by atoms with van der Waals surface area (Å²) in [7, 11) is 0. The average molecular weight is 170 g/mol. The van der Waals surface area contributed by atoms with Crippen molar-refractivity contribution in [2.24, 2.45) is 0 Å². The van der Waals surface area contributed by atoms with Gasteiger partial charge in [0.1, 0.15) is 0 Å². The highest BCUT2D eigenvalue weighted by Crippen LogP contribution is 2.09. The molecule has 68 valence electrons. The molecular formula is C9H14O3. The highest BCUT2D eigenvalue weighted by molar-refractivity contribution is 5.80. The van der Waals surface area contributed by atoms with Crippen LogP contribution in [0.15, 0.2) is 24.3 Å². The first-order chi connectivity index (χ1) is 5.48. The minimum atomic E-state index is -0.990. The minimum Gasteiger partial charge on any atom is -0.478 e. The van der Waals surface area contributed by atoms with Crippen LogP contribution >= 0.6 is 0 Å². The van der Waals surface area contributed by atoms with Crippen LogP contribution in [-0.2, 0) is 4.79 Å². The lowest BCUT2D eigenvalue weighted by Gasteiger charge is -2.14. The highest BCUT2D eigenvalue weighted by Gasteiger charge is 2.10. The Morgan fingerprint density at radius 1 is 1.50 bits per heavy atom. The molecule has 3 heteroatoms. The Balaban J connectivity index is 3.99. The van der Waals surface area contributed by atoms with Gasteiger partial charge in [-0.1, -0.05) is 25.2 Å². The molecule has 3 nitrogen and oxygen atoms in total. The highest BCUT2D eigenvalue weighted by atomic mass is 16.4. The molecule has 0 fully saturated rings. The fourth-order valence-corrected chi connectivity index (χ4v) is 0.519. The van der Waals surface area contributed by atoms with Crippen molar-refractivity contribution in [3.63, 3.8) is 0 Å². The van der Waals surface area contributed by atoms with Gasteiger partial charge >= 0.3 is 5.97 Å². The van der Waals surface area contributed by atoms with Crippen molar-refractivity contribution in [1.82, 2.24) is 0 Å². The maximum absolute atomic E-state index is 10.0. The molecule has 0 aromatic rings. The number of rotatable bonds is 4. The number of hydrogen-bond donors (Lipinski definition) is 2. The zero-order chi connectivity index (χ0) is 9.61. The summed E-state index contributed by atoms with van der Waals surface area (Å²) in [6.45, 7) is 3.52. The van der Waals surface area contributed by atoms with Crippen LogP contribution in [0.5, 0.6) is 0 Å². The van der Waals surface area contributed by atoms with E-state index in [0.717, 1.165) is 6.08 Å². The van der Waals surface area contributed by atoms with Gasteiger partial charge in [0.15, 0.2) is 0 Å². The van der Waals surface area contributed by atoms with Crippen molar-refractivity contribution >= 4 is 5.97 Å². The van der Waals surface area contributed by atoms with E-state index < -0.39 is 11.6 Å². The summed E-state index contributed by atoms with van der Waals surface area (Å²) in [5.74, 6) is -0.990. The van der Waals surface area contributed by atoms with Crippen molar-refractivity contribution in [3.05, 3.63) is 24.3 Å². The monoisotopic (exact) mass is 170 g/mol. The second-order valence-corrected chi connectivity index (χ2v) is 2.77. The molecule has 1 unspecified atom stereocenters. The second kappa shape index (κ2) is 4.72. The largest absolute Gasteiger partial charge is 0.478 e. The van der Waals surface area contributed by atoms with Gasteiger partial charge in [-0.2, -0.15) is 0 Å². The average Bonchev–Trinajstić information content (AvgIpc) is 1.98. The predicted molar refractivity (Wildman–Crippen MR) is 46.8 cm³/mol. The van der Waals surface area contributed by atoms with E-state index in [4.69, 9.17) is 5.11 Å². The van der Waals surface area contributed by atoms with Gasteiger partial charge in [0.05, 0.1) is 5.60 Å². The molecule has 0 heterocycles. The fourth-order valence-electron chi connectivity index (χ4n) is 0.519. The third-order valence-corrected chi connectivity index (χ3v) is 1.52. The predicted octanol–water partition coefficient (Wildman–Crippen LogP) is 1.34. The number of aliphatic hydroxyl groups is 1. The first-order valence-corrected chi connectivity index (χ1v) is 3.79. The van der Waals surface area contributed by atoms with E-state index in [1.807, 2.05) is 6.92 Å². The fraction of sp³-hybridized carbons (Fsp3) is 0.444. The topological polar surface area (TPSA) is 57.5 Å². The van der Waals surface area contributed by atoms with Gasteiger partial charge in [0.2, 0.25) is 0 Å². The van der Waals surface area contributed by atoms with Crippen LogP contribution in [0.2, 0.25) is 0 Å². The Kier molecular flexibility index (Phi) is 4.29.